The standard InChI is InChI=1S/C6H11N3O/c1-5-6(9-4-8-5)10-3-2-7/h4H,2-3,7H2,1H3,(H,8,9). The summed E-state index contributed by atoms with van der Waals surface area (Å²) >= 11 is 0. The van der Waals surface area contributed by atoms with Gasteiger partial charge in [-0.2, -0.15) is 0 Å². The number of nitrogens with zero attached hydrogens (tertiary/aromatic N) is 1. The van der Waals surface area contributed by atoms with E-state index in [-0.39, 0.29) is 0 Å². The number of H-pyrrole nitrogens is 1. The Labute approximate surface area is 59.4 Å². The lowest BCUT2D eigenvalue weighted by atomic mass is 10.5. The molecule has 1 heterocycles. The van der Waals surface area contributed by atoms with Crippen LogP contribution in [0.3, 0.4) is 0 Å². The van der Waals surface area contributed by atoms with Crippen molar-refractivity contribution >= 4 is 0 Å². The number of imidazole rings is 1. The fourth-order valence-corrected chi connectivity index (χ4v) is 0.647. The zero-order chi connectivity index (χ0) is 7.40. The predicted octanol–water partition coefficient (Wildman–Crippen LogP) is 0.0556. The van der Waals surface area contributed by atoms with E-state index in [0.717, 1.165) is 5.69 Å². The second kappa shape index (κ2) is 3.22. The zero-order valence-electron chi connectivity index (χ0n) is 5.92. The number of ether oxygens (including phenoxy) is 1. The normalized spacial score (nSPS) is 9.80. The molecule has 4 nitrogen and oxygen atoms in total. The minimum Gasteiger partial charge on any atom is -0.475 e. The molecule has 0 atom stereocenters. The van der Waals surface area contributed by atoms with Gasteiger partial charge in [0.1, 0.15) is 6.61 Å². The molecule has 0 saturated heterocycles. The molecular formula is C6H11N3O. The van der Waals surface area contributed by atoms with Crippen LogP contribution in [0.25, 0.3) is 0 Å². The maximum atomic E-state index is 5.23. The van der Waals surface area contributed by atoms with Gasteiger partial charge in [0, 0.05) is 6.54 Å². The van der Waals surface area contributed by atoms with Crippen molar-refractivity contribution in [2.24, 2.45) is 5.73 Å². The molecule has 0 aliphatic heterocycles. The molecule has 4 heteroatoms. The lowest BCUT2D eigenvalue weighted by Gasteiger charge is -1.99. The third-order valence-electron chi connectivity index (χ3n) is 1.14. The first kappa shape index (κ1) is 7.08. The van der Waals surface area contributed by atoms with E-state index in [1.807, 2.05) is 6.92 Å². The molecule has 0 amide bonds. The van der Waals surface area contributed by atoms with Crippen LogP contribution in [0, 0.1) is 6.92 Å². The summed E-state index contributed by atoms with van der Waals surface area (Å²) in [7, 11) is 0. The lowest BCUT2D eigenvalue weighted by Crippen LogP contribution is -2.11. The van der Waals surface area contributed by atoms with E-state index in [1.165, 1.54) is 0 Å². The van der Waals surface area contributed by atoms with E-state index < -0.39 is 0 Å². The summed E-state index contributed by atoms with van der Waals surface area (Å²) in [5.74, 6) is 0.644. The molecule has 1 aromatic heterocycles. The van der Waals surface area contributed by atoms with Crippen LogP contribution in [-0.4, -0.2) is 23.1 Å². The highest BCUT2D eigenvalue weighted by atomic mass is 16.5. The summed E-state index contributed by atoms with van der Waals surface area (Å²) in [6, 6.07) is 0. The zero-order valence-corrected chi connectivity index (χ0v) is 5.92. The van der Waals surface area contributed by atoms with Crippen molar-refractivity contribution in [2.75, 3.05) is 13.2 Å². The highest BCUT2D eigenvalue weighted by Crippen LogP contribution is 2.08. The van der Waals surface area contributed by atoms with Crippen LogP contribution in [0.1, 0.15) is 5.69 Å². The van der Waals surface area contributed by atoms with Gasteiger partial charge >= 0.3 is 0 Å². The predicted molar refractivity (Wildman–Crippen MR) is 37.9 cm³/mol. The summed E-state index contributed by atoms with van der Waals surface area (Å²) in [5, 5.41) is 0. The van der Waals surface area contributed by atoms with Gasteiger partial charge in [-0.05, 0) is 6.92 Å². The van der Waals surface area contributed by atoms with Gasteiger partial charge in [0.2, 0.25) is 5.88 Å². The summed E-state index contributed by atoms with van der Waals surface area (Å²) < 4.78 is 5.16. The average molecular weight is 141 g/mol. The fourth-order valence-electron chi connectivity index (χ4n) is 0.647. The maximum Gasteiger partial charge on any atom is 0.234 e. The third-order valence-corrected chi connectivity index (χ3v) is 1.14. The SMILES string of the molecule is Cc1[nH]cnc1OCCN. The quantitative estimate of drug-likeness (QED) is 0.625. The molecule has 1 aromatic rings. The van der Waals surface area contributed by atoms with Crippen molar-refractivity contribution in [3.63, 3.8) is 0 Å². The van der Waals surface area contributed by atoms with Crippen LogP contribution in [0.2, 0.25) is 0 Å². The molecule has 10 heavy (non-hydrogen) atoms. The Balaban J connectivity index is 2.49. The summed E-state index contributed by atoms with van der Waals surface area (Å²) in [4.78, 5) is 6.82. The van der Waals surface area contributed by atoms with Gasteiger partial charge in [-0.25, -0.2) is 4.98 Å². The van der Waals surface area contributed by atoms with E-state index in [9.17, 15) is 0 Å². The summed E-state index contributed by atoms with van der Waals surface area (Å²) in [5.41, 5.74) is 6.17. The molecular weight excluding hydrogens is 130 g/mol. The largest absolute Gasteiger partial charge is 0.475 e. The van der Waals surface area contributed by atoms with Gasteiger partial charge in [-0.1, -0.05) is 0 Å². The first-order valence-electron chi connectivity index (χ1n) is 3.17. The van der Waals surface area contributed by atoms with Crippen LogP contribution in [0.4, 0.5) is 0 Å². The van der Waals surface area contributed by atoms with Crippen LogP contribution in [-0.2, 0) is 0 Å². The van der Waals surface area contributed by atoms with Crippen molar-refractivity contribution in [1.82, 2.24) is 9.97 Å². The van der Waals surface area contributed by atoms with Crippen molar-refractivity contribution < 1.29 is 4.74 Å². The van der Waals surface area contributed by atoms with Crippen molar-refractivity contribution in [3.05, 3.63) is 12.0 Å². The molecule has 0 radical (unpaired) electrons. The highest BCUT2D eigenvalue weighted by Gasteiger charge is 1.98. The molecule has 0 fully saturated rings. The smallest absolute Gasteiger partial charge is 0.234 e. The highest BCUT2D eigenvalue weighted by molar-refractivity contribution is 5.15. The van der Waals surface area contributed by atoms with Crippen LogP contribution in [0.15, 0.2) is 6.33 Å². The van der Waals surface area contributed by atoms with E-state index in [1.54, 1.807) is 6.33 Å². The molecule has 0 aliphatic rings. The number of aryl methyl sites for hydroxylation is 1. The lowest BCUT2D eigenvalue weighted by molar-refractivity contribution is 0.315. The van der Waals surface area contributed by atoms with E-state index >= 15 is 0 Å². The van der Waals surface area contributed by atoms with Gasteiger partial charge < -0.3 is 15.5 Å². The first-order valence-corrected chi connectivity index (χ1v) is 3.17. The van der Waals surface area contributed by atoms with E-state index in [0.29, 0.717) is 19.0 Å². The molecule has 0 aliphatic carbocycles. The first-order chi connectivity index (χ1) is 4.84. The Bertz CT molecular complexity index is 197. The minimum atomic E-state index is 0.520. The molecule has 0 unspecified atom stereocenters. The van der Waals surface area contributed by atoms with Crippen LogP contribution < -0.4 is 10.5 Å². The minimum absolute atomic E-state index is 0.520. The molecule has 1 rings (SSSR count). The van der Waals surface area contributed by atoms with Crippen molar-refractivity contribution in [3.8, 4) is 5.88 Å². The Hall–Kier alpha value is -1.03. The number of rotatable bonds is 3. The number of hydrogen-bond donors (Lipinski definition) is 2. The number of nitrogens with one attached hydrogen (secondary N) is 1. The average Bonchev–Trinajstić information content (AvgIpc) is 2.31. The van der Waals surface area contributed by atoms with Gasteiger partial charge in [0.25, 0.3) is 0 Å². The molecule has 0 spiro atoms. The molecule has 0 saturated carbocycles. The molecule has 0 bridgehead atoms. The van der Waals surface area contributed by atoms with Gasteiger partial charge in [0.05, 0.1) is 12.0 Å². The Kier molecular flexibility index (Phi) is 2.28. The monoisotopic (exact) mass is 141 g/mol. The number of aromatic amines is 1. The molecule has 56 valence electrons. The van der Waals surface area contributed by atoms with E-state index in [4.69, 9.17) is 10.5 Å². The van der Waals surface area contributed by atoms with Crippen LogP contribution in [0.5, 0.6) is 5.88 Å². The fraction of sp³-hybridized carbons (Fsp3) is 0.500. The Morgan fingerprint density at radius 1 is 1.80 bits per heavy atom. The topological polar surface area (TPSA) is 63.9 Å². The van der Waals surface area contributed by atoms with Crippen molar-refractivity contribution in [1.29, 1.82) is 0 Å². The van der Waals surface area contributed by atoms with E-state index in [2.05, 4.69) is 9.97 Å². The Morgan fingerprint density at radius 3 is 3.10 bits per heavy atom. The van der Waals surface area contributed by atoms with Gasteiger partial charge in [-0.3, -0.25) is 0 Å². The van der Waals surface area contributed by atoms with Crippen molar-refractivity contribution in [2.45, 2.75) is 6.92 Å². The molecule has 3 N–H and O–H groups in total. The number of aromatic nitrogens is 2. The molecule has 0 aromatic carbocycles. The summed E-state index contributed by atoms with van der Waals surface area (Å²) in [6.07, 6.45) is 1.60. The second-order valence-electron chi connectivity index (χ2n) is 1.97. The Morgan fingerprint density at radius 2 is 2.60 bits per heavy atom. The summed E-state index contributed by atoms with van der Waals surface area (Å²) in [6.45, 7) is 2.94. The maximum absolute atomic E-state index is 5.23. The van der Waals surface area contributed by atoms with Crippen LogP contribution >= 0.6 is 0 Å². The van der Waals surface area contributed by atoms with Gasteiger partial charge in [-0.15, -0.1) is 0 Å². The number of nitrogens with two attached hydrogens (primary N) is 1. The second-order valence-corrected chi connectivity index (χ2v) is 1.97. The van der Waals surface area contributed by atoms with Gasteiger partial charge in [0.15, 0.2) is 0 Å². The number of hydrogen-bond acceptors (Lipinski definition) is 3. The third kappa shape index (κ3) is 1.48.